The van der Waals surface area contributed by atoms with E-state index in [9.17, 15) is 30.4 Å². The van der Waals surface area contributed by atoms with Crippen LogP contribution in [0.3, 0.4) is 0 Å². The Labute approximate surface area is 153 Å². The van der Waals surface area contributed by atoms with E-state index in [0.29, 0.717) is 12.0 Å². The van der Waals surface area contributed by atoms with E-state index >= 15 is 0 Å². The molecule has 0 heterocycles. The number of phenols is 1. The summed E-state index contributed by atoms with van der Waals surface area (Å²) in [6, 6.07) is 6.54. The topological polar surface area (TPSA) is 63.6 Å². The first-order valence-corrected chi connectivity index (χ1v) is 9.08. The standard InChI is InChI=1S/C9H8F4O3S.C8H9FO/c1-2-6-5-7(10)3-4-8(6)16-17(14,15)9(11,12)13;1-2-6-5-7(9)3-4-8(6)10/h3-5H,2H2,1H3;3-5,10H,2H2,1H3. The van der Waals surface area contributed by atoms with Crippen LogP contribution in [-0.4, -0.2) is 19.0 Å². The SMILES string of the molecule is CCc1cc(F)ccc1O.CCc1cc(F)ccc1OS(=O)(=O)C(F)(F)F. The lowest BCUT2D eigenvalue weighted by molar-refractivity contribution is -0.0500. The highest BCUT2D eigenvalue weighted by molar-refractivity contribution is 7.88. The van der Waals surface area contributed by atoms with E-state index in [0.717, 1.165) is 18.2 Å². The normalized spacial score (nSPS) is 11.5. The molecule has 0 radical (unpaired) electrons. The number of rotatable bonds is 4. The number of benzene rings is 2. The van der Waals surface area contributed by atoms with Gasteiger partial charge in [-0.2, -0.15) is 21.6 Å². The van der Waals surface area contributed by atoms with Crippen LogP contribution in [-0.2, 0) is 23.0 Å². The lowest BCUT2D eigenvalue weighted by Crippen LogP contribution is -2.28. The molecule has 0 unspecified atom stereocenters. The zero-order valence-electron chi connectivity index (χ0n) is 14.3. The molecule has 1 N–H and O–H groups in total. The summed E-state index contributed by atoms with van der Waals surface area (Å²) in [6.07, 6.45) is 0.796. The van der Waals surface area contributed by atoms with Crippen molar-refractivity contribution in [1.29, 1.82) is 0 Å². The van der Waals surface area contributed by atoms with Crippen LogP contribution in [0.4, 0.5) is 22.0 Å². The van der Waals surface area contributed by atoms with E-state index in [1.165, 1.54) is 25.1 Å². The van der Waals surface area contributed by atoms with Crippen molar-refractivity contribution < 1.29 is 39.7 Å². The van der Waals surface area contributed by atoms with Gasteiger partial charge in [0.2, 0.25) is 0 Å². The maximum Gasteiger partial charge on any atom is 0.534 e. The van der Waals surface area contributed by atoms with E-state index in [1.54, 1.807) is 0 Å². The molecule has 2 aromatic carbocycles. The van der Waals surface area contributed by atoms with Crippen LogP contribution in [0.2, 0.25) is 0 Å². The number of aryl methyl sites for hydroxylation is 2. The summed E-state index contributed by atoms with van der Waals surface area (Å²) < 4.78 is 86.7. The third-order valence-corrected chi connectivity index (χ3v) is 4.27. The summed E-state index contributed by atoms with van der Waals surface area (Å²) in [5, 5.41) is 9.07. The summed E-state index contributed by atoms with van der Waals surface area (Å²) >= 11 is 0. The molecular weight excluding hydrogens is 395 g/mol. The van der Waals surface area contributed by atoms with E-state index < -0.39 is 27.2 Å². The third-order valence-electron chi connectivity index (χ3n) is 3.31. The number of hydrogen-bond donors (Lipinski definition) is 1. The van der Waals surface area contributed by atoms with Crippen molar-refractivity contribution in [3.8, 4) is 11.5 Å². The zero-order chi connectivity index (χ0) is 20.8. The Morgan fingerprint density at radius 1 is 0.926 bits per heavy atom. The maximum absolute atomic E-state index is 12.8. The van der Waals surface area contributed by atoms with E-state index in [2.05, 4.69) is 4.18 Å². The van der Waals surface area contributed by atoms with Crippen LogP contribution in [0.25, 0.3) is 0 Å². The average molecular weight is 412 g/mol. The lowest BCUT2D eigenvalue weighted by atomic mass is 10.1. The van der Waals surface area contributed by atoms with Gasteiger partial charge in [0.15, 0.2) is 0 Å². The van der Waals surface area contributed by atoms with Crippen molar-refractivity contribution in [3.05, 3.63) is 59.2 Å². The first-order chi connectivity index (χ1) is 12.4. The highest BCUT2D eigenvalue weighted by Crippen LogP contribution is 2.29. The number of phenolic OH excluding ortho intramolecular Hbond substituents is 1. The third kappa shape index (κ3) is 6.38. The molecule has 0 amide bonds. The molecule has 2 aromatic rings. The fraction of sp³-hybridized carbons (Fsp3) is 0.294. The molecule has 0 aliphatic heterocycles. The Kier molecular flexibility index (Phi) is 7.58. The van der Waals surface area contributed by atoms with Gasteiger partial charge in [-0.05, 0) is 60.4 Å². The Balaban J connectivity index is 0.000000309. The van der Waals surface area contributed by atoms with Crippen LogP contribution >= 0.6 is 0 Å². The van der Waals surface area contributed by atoms with Gasteiger partial charge in [-0.25, -0.2) is 8.78 Å². The second-order valence-electron chi connectivity index (χ2n) is 5.22. The average Bonchev–Trinajstić information content (AvgIpc) is 2.58. The quantitative estimate of drug-likeness (QED) is 0.449. The molecule has 27 heavy (non-hydrogen) atoms. The molecule has 150 valence electrons. The van der Waals surface area contributed by atoms with Gasteiger partial charge in [0.05, 0.1) is 0 Å². The van der Waals surface area contributed by atoms with Crippen LogP contribution in [0.1, 0.15) is 25.0 Å². The molecule has 0 fully saturated rings. The predicted molar refractivity (Wildman–Crippen MR) is 88.8 cm³/mol. The molecule has 0 aliphatic rings. The summed E-state index contributed by atoms with van der Waals surface area (Å²) in [5.74, 6) is -1.33. The zero-order valence-corrected chi connectivity index (χ0v) is 15.2. The minimum atomic E-state index is -5.72. The molecule has 0 saturated heterocycles. The molecule has 0 spiro atoms. The van der Waals surface area contributed by atoms with Crippen LogP contribution in [0.15, 0.2) is 36.4 Å². The summed E-state index contributed by atoms with van der Waals surface area (Å²) in [6.45, 7) is 3.40. The van der Waals surface area contributed by atoms with Crippen molar-refractivity contribution in [2.24, 2.45) is 0 Å². The Bertz CT molecular complexity index is 879. The first kappa shape index (κ1) is 22.7. The van der Waals surface area contributed by atoms with E-state index in [4.69, 9.17) is 5.11 Å². The predicted octanol–water partition coefficient (Wildman–Crippen LogP) is 4.71. The highest BCUT2D eigenvalue weighted by atomic mass is 32.2. The summed E-state index contributed by atoms with van der Waals surface area (Å²) in [7, 11) is -5.72. The van der Waals surface area contributed by atoms with Crippen LogP contribution in [0, 0.1) is 11.6 Å². The van der Waals surface area contributed by atoms with Crippen LogP contribution < -0.4 is 4.18 Å². The van der Waals surface area contributed by atoms with Crippen molar-refractivity contribution in [3.63, 3.8) is 0 Å². The maximum atomic E-state index is 12.8. The Hall–Kier alpha value is -2.36. The minimum Gasteiger partial charge on any atom is -0.508 e. The molecule has 0 atom stereocenters. The smallest absolute Gasteiger partial charge is 0.508 e. The Morgan fingerprint density at radius 2 is 1.41 bits per heavy atom. The molecule has 10 heteroatoms. The van der Waals surface area contributed by atoms with Crippen molar-refractivity contribution in [2.45, 2.75) is 32.2 Å². The van der Waals surface area contributed by atoms with Gasteiger partial charge in [-0.3, -0.25) is 0 Å². The van der Waals surface area contributed by atoms with E-state index in [-0.39, 0.29) is 23.6 Å². The molecule has 0 bridgehead atoms. The van der Waals surface area contributed by atoms with Crippen molar-refractivity contribution in [1.82, 2.24) is 0 Å². The molecule has 0 aromatic heterocycles. The van der Waals surface area contributed by atoms with Gasteiger partial charge in [-0.15, -0.1) is 0 Å². The van der Waals surface area contributed by atoms with Gasteiger partial charge >= 0.3 is 15.6 Å². The van der Waals surface area contributed by atoms with Gasteiger partial charge < -0.3 is 9.29 Å². The number of aromatic hydroxyl groups is 1. The van der Waals surface area contributed by atoms with E-state index in [1.807, 2.05) is 6.92 Å². The van der Waals surface area contributed by atoms with Gasteiger partial charge in [0.1, 0.15) is 23.1 Å². The molecule has 2 rings (SSSR count). The second-order valence-corrected chi connectivity index (χ2v) is 6.75. The fourth-order valence-electron chi connectivity index (χ4n) is 1.91. The number of halogens is 5. The fourth-order valence-corrected chi connectivity index (χ4v) is 2.40. The van der Waals surface area contributed by atoms with Crippen molar-refractivity contribution in [2.75, 3.05) is 0 Å². The van der Waals surface area contributed by atoms with Gasteiger partial charge in [0, 0.05) is 0 Å². The van der Waals surface area contributed by atoms with Gasteiger partial charge in [0.25, 0.3) is 0 Å². The Morgan fingerprint density at radius 3 is 1.85 bits per heavy atom. The van der Waals surface area contributed by atoms with Gasteiger partial charge in [-0.1, -0.05) is 13.8 Å². The summed E-state index contributed by atoms with van der Waals surface area (Å²) in [5.41, 5.74) is -4.82. The summed E-state index contributed by atoms with van der Waals surface area (Å²) in [4.78, 5) is 0. The largest absolute Gasteiger partial charge is 0.534 e. The number of alkyl halides is 3. The second kappa shape index (κ2) is 9.03. The minimum absolute atomic E-state index is 0.0397. The monoisotopic (exact) mass is 412 g/mol. The molecule has 0 saturated carbocycles. The molecule has 0 aliphatic carbocycles. The van der Waals surface area contributed by atoms with Crippen LogP contribution in [0.5, 0.6) is 11.5 Å². The lowest BCUT2D eigenvalue weighted by Gasteiger charge is -2.12. The van der Waals surface area contributed by atoms with Crippen molar-refractivity contribution >= 4 is 10.1 Å². The first-order valence-electron chi connectivity index (χ1n) is 7.67. The number of hydrogen-bond acceptors (Lipinski definition) is 4. The molecular formula is C17H17F5O4S. The molecule has 4 nitrogen and oxygen atoms in total. The highest BCUT2D eigenvalue weighted by Gasteiger charge is 2.48.